The number of aromatic nitrogens is 3. The molecule has 2 bridgehead atoms. The third-order valence-corrected chi connectivity index (χ3v) is 5.75. The Labute approximate surface area is 203 Å². The highest BCUT2D eigenvalue weighted by Gasteiger charge is 2.41. The van der Waals surface area contributed by atoms with E-state index in [2.05, 4.69) is 20.3 Å². The molecule has 2 aliphatic rings. The summed E-state index contributed by atoms with van der Waals surface area (Å²) < 4.78 is 43.9. The van der Waals surface area contributed by atoms with Crippen molar-refractivity contribution in [1.82, 2.24) is 20.3 Å². The maximum absolute atomic E-state index is 13.3. The van der Waals surface area contributed by atoms with E-state index in [1.165, 1.54) is 17.0 Å². The molecular formula is C21H24F3N7O5. The van der Waals surface area contributed by atoms with E-state index in [4.69, 9.17) is 9.84 Å². The van der Waals surface area contributed by atoms with Crippen LogP contribution in [0.1, 0.15) is 23.8 Å². The first kappa shape index (κ1) is 25.4. The number of anilines is 3. The molecule has 0 radical (unpaired) electrons. The summed E-state index contributed by atoms with van der Waals surface area (Å²) >= 11 is 0. The van der Waals surface area contributed by atoms with Crippen molar-refractivity contribution in [2.75, 3.05) is 41.4 Å². The Bertz CT molecular complexity index is 1140. The lowest BCUT2D eigenvalue weighted by atomic mass is 10.1. The van der Waals surface area contributed by atoms with Crippen LogP contribution >= 0.6 is 0 Å². The largest absolute Gasteiger partial charge is 0.475 e. The van der Waals surface area contributed by atoms with Crippen LogP contribution in [0.4, 0.5) is 35.3 Å². The van der Waals surface area contributed by atoms with E-state index in [0.29, 0.717) is 25.2 Å². The lowest BCUT2D eigenvalue weighted by Crippen LogP contribution is -2.49. The molecule has 0 aliphatic carbocycles. The van der Waals surface area contributed by atoms with E-state index < -0.39 is 36.9 Å². The van der Waals surface area contributed by atoms with Gasteiger partial charge in [0.1, 0.15) is 36.6 Å². The molecule has 3 atom stereocenters. The van der Waals surface area contributed by atoms with Gasteiger partial charge in [-0.15, -0.1) is 0 Å². The summed E-state index contributed by atoms with van der Waals surface area (Å²) in [5.41, 5.74) is 0.314. The summed E-state index contributed by atoms with van der Waals surface area (Å²) in [4.78, 5) is 41.1. The number of ether oxygens (including phenoxy) is 1. The molecule has 0 aromatic carbocycles. The number of halogens is 3. The molecular weight excluding hydrogens is 487 g/mol. The number of nitrogens with one attached hydrogen (secondary N) is 2. The van der Waals surface area contributed by atoms with Crippen LogP contribution in [-0.2, 0) is 0 Å². The Morgan fingerprint density at radius 3 is 2.81 bits per heavy atom. The van der Waals surface area contributed by atoms with Crippen LogP contribution in [0.2, 0.25) is 0 Å². The van der Waals surface area contributed by atoms with E-state index in [0.717, 1.165) is 13.3 Å². The normalized spacial score (nSPS) is 18.3. The molecule has 0 spiro atoms. The zero-order valence-corrected chi connectivity index (χ0v) is 19.1. The molecule has 4 rings (SSSR count). The first-order valence-electron chi connectivity index (χ1n) is 11.0. The molecule has 2 aromatic heterocycles. The van der Waals surface area contributed by atoms with Crippen molar-refractivity contribution in [3.8, 4) is 5.88 Å². The van der Waals surface area contributed by atoms with Gasteiger partial charge in [-0.3, -0.25) is 15.0 Å². The fourth-order valence-corrected chi connectivity index (χ4v) is 3.84. The van der Waals surface area contributed by atoms with E-state index in [1.54, 1.807) is 6.07 Å². The number of alkyl halides is 3. The van der Waals surface area contributed by atoms with E-state index in [9.17, 15) is 27.9 Å². The monoisotopic (exact) mass is 511 g/mol. The molecule has 0 saturated carbocycles. The highest BCUT2D eigenvalue weighted by atomic mass is 19.4. The van der Waals surface area contributed by atoms with Gasteiger partial charge in [0.05, 0.1) is 18.3 Å². The number of hydrogen-bond donors (Lipinski definition) is 4. The summed E-state index contributed by atoms with van der Waals surface area (Å²) in [6.45, 7) is 1.27. The molecule has 12 nitrogen and oxygen atoms in total. The number of aliphatic hydroxyl groups excluding tert-OH is 2. The number of pyridine rings is 1. The van der Waals surface area contributed by atoms with Gasteiger partial charge in [-0.1, -0.05) is 0 Å². The molecule has 1 saturated heterocycles. The lowest BCUT2D eigenvalue weighted by molar-refractivity contribution is -0.149. The summed E-state index contributed by atoms with van der Waals surface area (Å²) in [6, 6.07) is 1.23. The van der Waals surface area contributed by atoms with Crippen LogP contribution in [0.3, 0.4) is 0 Å². The van der Waals surface area contributed by atoms with Gasteiger partial charge in [-0.25, -0.2) is 19.7 Å². The van der Waals surface area contributed by atoms with Gasteiger partial charge in [-0.2, -0.15) is 13.2 Å². The minimum Gasteiger partial charge on any atom is -0.475 e. The predicted molar refractivity (Wildman–Crippen MR) is 120 cm³/mol. The number of aliphatic hydroxyl groups is 2. The zero-order chi connectivity index (χ0) is 26.0. The second-order valence-electron chi connectivity index (χ2n) is 8.35. The number of amides is 3. The van der Waals surface area contributed by atoms with Crippen LogP contribution in [0.25, 0.3) is 0 Å². The van der Waals surface area contributed by atoms with Gasteiger partial charge < -0.3 is 25.2 Å². The fourth-order valence-electron chi connectivity index (χ4n) is 3.84. The molecule has 194 valence electrons. The topological polar surface area (TPSA) is 153 Å². The Morgan fingerprint density at radius 1 is 1.31 bits per heavy atom. The van der Waals surface area contributed by atoms with Gasteiger partial charge in [0.25, 0.3) is 5.91 Å². The smallest absolute Gasteiger partial charge is 0.408 e. The van der Waals surface area contributed by atoms with Crippen LogP contribution < -0.4 is 25.2 Å². The Balaban J connectivity index is 1.55. The number of nitrogens with zero attached hydrogens (tertiary/aromatic N) is 5. The zero-order valence-electron chi connectivity index (χ0n) is 19.1. The maximum Gasteiger partial charge on any atom is 0.408 e. The van der Waals surface area contributed by atoms with Gasteiger partial charge in [0.2, 0.25) is 5.88 Å². The summed E-state index contributed by atoms with van der Waals surface area (Å²) in [6.07, 6.45) is -3.96. The Morgan fingerprint density at radius 2 is 2.08 bits per heavy atom. The van der Waals surface area contributed by atoms with Gasteiger partial charge >= 0.3 is 12.2 Å². The Hall–Kier alpha value is -3.72. The number of fused-ring (bicyclic) bond motifs is 4. The molecule has 4 N–H and O–H groups in total. The molecule has 3 amide bonds. The number of urea groups is 1. The Kier molecular flexibility index (Phi) is 7.12. The van der Waals surface area contributed by atoms with Gasteiger partial charge in [0, 0.05) is 19.2 Å². The predicted octanol–water partition coefficient (Wildman–Crippen LogP) is 0.915. The first-order chi connectivity index (χ1) is 17.1. The van der Waals surface area contributed by atoms with Crippen molar-refractivity contribution in [3.05, 3.63) is 30.2 Å². The number of carbonyl (C=O) groups excluding carboxylic acids is 2. The molecule has 4 heterocycles. The summed E-state index contributed by atoms with van der Waals surface area (Å²) in [5, 5.41) is 22.8. The minimum atomic E-state index is -4.61. The molecule has 2 aliphatic heterocycles. The highest BCUT2D eigenvalue weighted by molar-refractivity contribution is 6.05. The molecule has 15 heteroatoms. The van der Waals surface area contributed by atoms with Crippen LogP contribution in [0.5, 0.6) is 5.88 Å². The molecule has 36 heavy (non-hydrogen) atoms. The third-order valence-electron chi connectivity index (χ3n) is 5.75. The first-order valence-corrected chi connectivity index (χ1v) is 11.0. The van der Waals surface area contributed by atoms with Crippen molar-refractivity contribution < 1.29 is 37.7 Å². The number of rotatable bonds is 7. The fraction of sp³-hybridized carbons (Fsp3) is 0.476. The van der Waals surface area contributed by atoms with Crippen molar-refractivity contribution >= 4 is 29.3 Å². The van der Waals surface area contributed by atoms with Gasteiger partial charge in [-0.05, 0) is 25.5 Å². The SMILES string of the molecule is C[C@@H](NC(=O)c1ccc2c(n1)N(C(=O)Nc1cc(OC[C@@H](O)CO)ncn1)[C@H]1CCN2C1)C(F)(F)F. The maximum atomic E-state index is 13.3. The van der Waals surface area contributed by atoms with Crippen LogP contribution in [-0.4, -0.2) is 87.8 Å². The van der Waals surface area contributed by atoms with Gasteiger partial charge in [0.15, 0.2) is 5.82 Å². The number of carbonyl (C=O) groups is 2. The van der Waals surface area contributed by atoms with Crippen molar-refractivity contribution in [2.45, 2.75) is 37.7 Å². The molecule has 1 fully saturated rings. The average Bonchev–Trinajstić information content (AvgIpc) is 3.25. The average molecular weight is 511 g/mol. The van der Waals surface area contributed by atoms with Crippen LogP contribution in [0, 0.1) is 0 Å². The standard InChI is InChI=1S/C21H24F3N7O5/c1-11(21(22,23)24)27-19(34)14-2-3-15-18(28-14)31(12-4-5-30(15)7-12)20(35)29-16-6-17(26-10-25-16)36-9-13(33)8-32/h2-3,6,10-13,32-33H,4-5,7-9H2,1H3,(H,27,34)(H,25,26,29,35)/t11-,12+,13+/m1/s1. The molecule has 2 aromatic rings. The molecule has 0 unspecified atom stereocenters. The van der Waals surface area contributed by atoms with Crippen LogP contribution in [0.15, 0.2) is 24.5 Å². The van der Waals surface area contributed by atoms with Crippen molar-refractivity contribution in [2.24, 2.45) is 0 Å². The number of hydrogen-bond acceptors (Lipinski definition) is 9. The second-order valence-corrected chi connectivity index (χ2v) is 8.35. The second kappa shape index (κ2) is 10.1. The van der Waals surface area contributed by atoms with E-state index >= 15 is 0 Å². The van der Waals surface area contributed by atoms with Crippen molar-refractivity contribution in [1.29, 1.82) is 0 Å². The van der Waals surface area contributed by atoms with E-state index in [1.807, 2.05) is 10.2 Å². The van der Waals surface area contributed by atoms with Crippen molar-refractivity contribution in [3.63, 3.8) is 0 Å². The van der Waals surface area contributed by atoms with E-state index in [-0.39, 0.29) is 35.9 Å². The third kappa shape index (κ3) is 5.41. The quantitative estimate of drug-likeness (QED) is 0.425. The summed E-state index contributed by atoms with van der Waals surface area (Å²) in [7, 11) is 0. The lowest BCUT2D eigenvalue weighted by Gasteiger charge is -2.35. The highest BCUT2D eigenvalue weighted by Crippen LogP contribution is 2.39. The minimum absolute atomic E-state index is 0.0507. The summed E-state index contributed by atoms with van der Waals surface area (Å²) in [5.74, 6) is -0.739.